The average molecular weight is 387 g/mol. The summed E-state index contributed by atoms with van der Waals surface area (Å²) in [5.41, 5.74) is 0.339. The van der Waals surface area contributed by atoms with Crippen molar-refractivity contribution >= 4 is 17.5 Å². The molecule has 2 N–H and O–H groups in total. The summed E-state index contributed by atoms with van der Waals surface area (Å²) in [6.07, 6.45) is -0.565. The number of hydrogen-bond donors (Lipinski definition) is 2. The molecule has 0 aliphatic heterocycles. The third kappa shape index (κ3) is 7.09. The predicted octanol–water partition coefficient (Wildman–Crippen LogP) is 2.90. The van der Waals surface area contributed by atoms with Crippen molar-refractivity contribution in [2.24, 2.45) is 0 Å². The number of amides is 2. The van der Waals surface area contributed by atoms with Gasteiger partial charge in [-0.15, -0.1) is 13.2 Å². The van der Waals surface area contributed by atoms with Crippen LogP contribution in [0.1, 0.15) is 32.6 Å². The standard InChI is InChI=1S/C18H24F3N3O3/c1-12(17(26)23-13-5-3-4-6-13)24(2)11-16(25)22-14-7-9-15(10-8-14)27-18(19,20)21/h7-10,12-13H,3-6,11H2,1-2H3,(H,22,25)(H,23,26)/t12-/m1/s1. The second-order valence-electron chi connectivity index (χ2n) is 6.70. The third-order valence-electron chi connectivity index (χ3n) is 4.51. The van der Waals surface area contributed by atoms with E-state index in [9.17, 15) is 22.8 Å². The third-order valence-corrected chi connectivity index (χ3v) is 4.51. The topological polar surface area (TPSA) is 70.7 Å². The Labute approximate surface area is 156 Å². The maximum atomic E-state index is 12.2. The fourth-order valence-electron chi connectivity index (χ4n) is 2.90. The molecule has 9 heteroatoms. The number of hydrogen-bond acceptors (Lipinski definition) is 4. The average Bonchev–Trinajstić information content (AvgIpc) is 3.07. The van der Waals surface area contributed by atoms with E-state index in [4.69, 9.17) is 0 Å². The molecule has 0 spiro atoms. The highest BCUT2D eigenvalue weighted by Crippen LogP contribution is 2.24. The van der Waals surface area contributed by atoms with E-state index in [2.05, 4.69) is 15.4 Å². The van der Waals surface area contributed by atoms with E-state index in [1.54, 1.807) is 18.9 Å². The van der Waals surface area contributed by atoms with Gasteiger partial charge in [-0.05, 0) is 51.1 Å². The molecule has 0 aromatic heterocycles. The van der Waals surface area contributed by atoms with E-state index in [0.717, 1.165) is 37.8 Å². The van der Waals surface area contributed by atoms with Crippen LogP contribution in [0.3, 0.4) is 0 Å². The Hall–Kier alpha value is -2.29. The summed E-state index contributed by atoms with van der Waals surface area (Å²) in [6.45, 7) is 1.70. The molecule has 2 amide bonds. The number of carbonyl (C=O) groups excluding carboxylic acids is 2. The molecule has 27 heavy (non-hydrogen) atoms. The van der Waals surface area contributed by atoms with Crippen LogP contribution in [0.4, 0.5) is 18.9 Å². The van der Waals surface area contributed by atoms with Crippen molar-refractivity contribution in [1.82, 2.24) is 10.2 Å². The molecular formula is C18H24F3N3O3. The van der Waals surface area contributed by atoms with Gasteiger partial charge in [-0.2, -0.15) is 0 Å². The number of anilines is 1. The summed E-state index contributed by atoms with van der Waals surface area (Å²) in [5.74, 6) is -0.858. The van der Waals surface area contributed by atoms with Crippen molar-refractivity contribution in [3.05, 3.63) is 24.3 Å². The van der Waals surface area contributed by atoms with Crippen LogP contribution in [0, 0.1) is 0 Å². The maximum Gasteiger partial charge on any atom is 0.573 e. The van der Waals surface area contributed by atoms with Crippen LogP contribution in [0.15, 0.2) is 24.3 Å². The Morgan fingerprint density at radius 1 is 1.22 bits per heavy atom. The van der Waals surface area contributed by atoms with Crippen molar-refractivity contribution in [2.75, 3.05) is 18.9 Å². The number of carbonyl (C=O) groups is 2. The van der Waals surface area contributed by atoms with Crippen LogP contribution < -0.4 is 15.4 Å². The molecule has 1 fully saturated rings. The van der Waals surface area contributed by atoms with Crippen LogP contribution in [0.5, 0.6) is 5.75 Å². The van der Waals surface area contributed by atoms with Crippen LogP contribution in [0.2, 0.25) is 0 Å². The molecule has 0 saturated heterocycles. The number of ether oxygens (including phenoxy) is 1. The Morgan fingerprint density at radius 3 is 2.37 bits per heavy atom. The van der Waals surface area contributed by atoms with Crippen molar-refractivity contribution in [3.63, 3.8) is 0 Å². The van der Waals surface area contributed by atoms with Gasteiger partial charge in [0.25, 0.3) is 0 Å². The summed E-state index contributed by atoms with van der Waals surface area (Å²) < 4.78 is 40.2. The zero-order valence-electron chi connectivity index (χ0n) is 15.3. The first-order valence-electron chi connectivity index (χ1n) is 8.80. The van der Waals surface area contributed by atoms with E-state index >= 15 is 0 Å². The van der Waals surface area contributed by atoms with E-state index in [1.807, 2.05) is 0 Å². The Kier molecular flexibility index (Phi) is 7.06. The molecule has 2 rings (SSSR count). The lowest BCUT2D eigenvalue weighted by Crippen LogP contribution is -2.48. The fourth-order valence-corrected chi connectivity index (χ4v) is 2.90. The van der Waals surface area contributed by atoms with Gasteiger partial charge >= 0.3 is 6.36 Å². The van der Waals surface area contributed by atoms with Crippen LogP contribution in [0.25, 0.3) is 0 Å². The smallest absolute Gasteiger partial charge is 0.406 e. The van der Waals surface area contributed by atoms with E-state index in [-0.39, 0.29) is 30.2 Å². The lowest BCUT2D eigenvalue weighted by atomic mass is 10.2. The molecule has 1 aliphatic carbocycles. The number of alkyl halides is 3. The zero-order valence-corrected chi connectivity index (χ0v) is 15.3. The number of rotatable bonds is 7. The molecule has 1 atom stereocenters. The summed E-state index contributed by atoms with van der Waals surface area (Å²) in [4.78, 5) is 26.0. The van der Waals surface area contributed by atoms with Crippen molar-refractivity contribution in [2.45, 2.75) is 51.1 Å². The first-order chi connectivity index (χ1) is 12.6. The first-order valence-corrected chi connectivity index (χ1v) is 8.80. The Morgan fingerprint density at radius 2 is 1.81 bits per heavy atom. The van der Waals surface area contributed by atoms with Gasteiger partial charge in [0.05, 0.1) is 12.6 Å². The van der Waals surface area contributed by atoms with Crippen molar-refractivity contribution < 1.29 is 27.5 Å². The zero-order chi connectivity index (χ0) is 20.0. The van der Waals surface area contributed by atoms with Gasteiger partial charge in [0.1, 0.15) is 5.75 Å². The monoisotopic (exact) mass is 387 g/mol. The van der Waals surface area contributed by atoms with Crippen LogP contribution in [-0.4, -0.2) is 48.8 Å². The molecule has 0 unspecified atom stereocenters. The largest absolute Gasteiger partial charge is 0.573 e. The van der Waals surface area contributed by atoms with E-state index in [1.165, 1.54) is 12.1 Å². The molecule has 1 saturated carbocycles. The van der Waals surface area contributed by atoms with Gasteiger partial charge in [-0.1, -0.05) is 12.8 Å². The molecule has 0 bridgehead atoms. The predicted molar refractivity (Wildman–Crippen MR) is 94.2 cm³/mol. The molecule has 1 aromatic rings. The van der Waals surface area contributed by atoms with Crippen LogP contribution in [-0.2, 0) is 9.59 Å². The molecule has 0 heterocycles. The van der Waals surface area contributed by atoms with Gasteiger partial charge in [0, 0.05) is 11.7 Å². The van der Waals surface area contributed by atoms with E-state index in [0.29, 0.717) is 5.69 Å². The quantitative estimate of drug-likeness (QED) is 0.755. The highest BCUT2D eigenvalue weighted by atomic mass is 19.4. The molecule has 1 aromatic carbocycles. The SMILES string of the molecule is C[C@H](C(=O)NC1CCCC1)N(C)CC(=O)Nc1ccc(OC(F)(F)F)cc1. The maximum absolute atomic E-state index is 12.2. The van der Waals surface area contributed by atoms with Gasteiger partial charge in [-0.3, -0.25) is 14.5 Å². The second-order valence-corrected chi connectivity index (χ2v) is 6.70. The van der Waals surface area contributed by atoms with E-state index < -0.39 is 12.4 Å². The minimum atomic E-state index is -4.76. The Balaban J connectivity index is 1.80. The summed E-state index contributed by atoms with van der Waals surface area (Å²) >= 11 is 0. The molecular weight excluding hydrogens is 363 g/mol. The normalized spacial score (nSPS) is 16.2. The highest BCUT2D eigenvalue weighted by Gasteiger charge is 2.31. The molecule has 150 valence electrons. The lowest BCUT2D eigenvalue weighted by molar-refractivity contribution is -0.274. The summed E-state index contributed by atoms with van der Waals surface area (Å²) in [7, 11) is 1.67. The lowest BCUT2D eigenvalue weighted by Gasteiger charge is -2.25. The summed E-state index contributed by atoms with van der Waals surface area (Å²) in [6, 6.07) is 4.60. The number of nitrogens with zero attached hydrogens (tertiary/aromatic N) is 1. The second kappa shape index (κ2) is 9.07. The number of benzene rings is 1. The Bertz CT molecular complexity index is 643. The molecule has 0 radical (unpaired) electrons. The molecule has 6 nitrogen and oxygen atoms in total. The van der Waals surface area contributed by atoms with Gasteiger partial charge in [0.2, 0.25) is 11.8 Å². The number of halogens is 3. The van der Waals surface area contributed by atoms with Gasteiger partial charge in [-0.25, -0.2) is 0 Å². The first kappa shape index (κ1) is 21.0. The summed E-state index contributed by atoms with van der Waals surface area (Å²) in [5, 5.41) is 5.57. The van der Waals surface area contributed by atoms with Gasteiger partial charge < -0.3 is 15.4 Å². The number of likely N-dealkylation sites (N-methyl/N-ethyl adjacent to an activating group) is 1. The van der Waals surface area contributed by atoms with Gasteiger partial charge in [0.15, 0.2) is 0 Å². The minimum Gasteiger partial charge on any atom is -0.406 e. The van der Waals surface area contributed by atoms with Crippen molar-refractivity contribution in [3.8, 4) is 5.75 Å². The van der Waals surface area contributed by atoms with Crippen LogP contribution >= 0.6 is 0 Å². The number of nitrogens with one attached hydrogen (secondary N) is 2. The highest BCUT2D eigenvalue weighted by molar-refractivity contribution is 5.92. The van der Waals surface area contributed by atoms with Crippen molar-refractivity contribution in [1.29, 1.82) is 0 Å². The molecule has 1 aliphatic rings. The fraction of sp³-hybridized carbons (Fsp3) is 0.556. The minimum absolute atomic E-state index is 0.0277.